The first-order chi connectivity index (χ1) is 8.61. The summed E-state index contributed by atoms with van der Waals surface area (Å²) in [6, 6.07) is 4.00. The molecule has 1 aromatic heterocycles. The fourth-order valence-corrected chi connectivity index (χ4v) is 2.16. The van der Waals surface area contributed by atoms with Crippen molar-refractivity contribution in [2.24, 2.45) is 5.73 Å². The van der Waals surface area contributed by atoms with E-state index in [2.05, 4.69) is 22.1 Å². The second-order valence-electron chi connectivity index (χ2n) is 4.73. The van der Waals surface area contributed by atoms with Crippen LogP contribution in [0.2, 0.25) is 0 Å². The van der Waals surface area contributed by atoms with Gasteiger partial charge in [-0.25, -0.2) is 4.98 Å². The summed E-state index contributed by atoms with van der Waals surface area (Å²) in [5.74, 6) is 0.460. The number of aryl methyl sites for hydroxylation is 1. The number of hydrogen-bond donors (Lipinski definition) is 2. The fourth-order valence-electron chi connectivity index (χ4n) is 2.16. The minimum Gasteiger partial charge on any atom is -0.366 e. The predicted molar refractivity (Wildman–Crippen MR) is 71.8 cm³/mol. The van der Waals surface area contributed by atoms with Crippen LogP contribution in [0.25, 0.3) is 0 Å². The molecule has 5 nitrogen and oxygen atoms in total. The zero-order valence-electron chi connectivity index (χ0n) is 10.9. The molecule has 98 valence electrons. The van der Waals surface area contributed by atoms with E-state index in [1.54, 1.807) is 12.1 Å². The zero-order valence-corrected chi connectivity index (χ0v) is 10.9. The van der Waals surface area contributed by atoms with Crippen LogP contribution >= 0.6 is 0 Å². The van der Waals surface area contributed by atoms with Gasteiger partial charge in [0.05, 0.1) is 6.04 Å². The summed E-state index contributed by atoms with van der Waals surface area (Å²) in [6.45, 7) is 6.92. The highest BCUT2D eigenvalue weighted by molar-refractivity contribution is 5.93. The molecule has 0 bridgehead atoms. The molecule has 18 heavy (non-hydrogen) atoms. The highest BCUT2D eigenvalue weighted by Gasteiger charge is 2.25. The third-order valence-corrected chi connectivity index (χ3v) is 3.18. The van der Waals surface area contributed by atoms with Crippen LogP contribution in [-0.2, 0) is 0 Å². The monoisotopic (exact) mass is 248 g/mol. The van der Waals surface area contributed by atoms with Crippen LogP contribution in [-0.4, -0.2) is 36.6 Å². The van der Waals surface area contributed by atoms with Crippen LogP contribution in [0, 0.1) is 6.92 Å². The van der Waals surface area contributed by atoms with E-state index in [-0.39, 0.29) is 0 Å². The highest BCUT2D eigenvalue weighted by Crippen LogP contribution is 2.19. The van der Waals surface area contributed by atoms with Crippen molar-refractivity contribution < 1.29 is 4.79 Å². The molecule has 1 amide bonds. The third kappa shape index (κ3) is 2.61. The second-order valence-corrected chi connectivity index (χ2v) is 4.73. The summed E-state index contributed by atoms with van der Waals surface area (Å²) < 4.78 is 0. The molecule has 0 spiro atoms. The summed E-state index contributed by atoms with van der Waals surface area (Å²) in [7, 11) is 0. The second kappa shape index (κ2) is 5.35. The van der Waals surface area contributed by atoms with Gasteiger partial charge in [-0.05, 0) is 25.5 Å². The Hall–Kier alpha value is -1.62. The van der Waals surface area contributed by atoms with Gasteiger partial charge in [0.25, 0.3) is 0 Å². The Balaban J connectivity index is 2.30. The van der Waals surface area contributed by atoms with E-state index in [0.29, 0.717) is 11.6 Å². The summed E-state index contributed by atoms with van der Waals surface area (Å²) in [5, 5.41) is 3.26. The number of amides is 1. The first-order valence-electron chi connectivity index (χ1n) is 6.37. The molecule has 0 radical (unpaired) electrons. The number of nitrogens with one attached hydrogen (secondary N) is 1. The van der Waals surface area contributed by atoms with E-state index in [4.69, 9.17) is 5.73 Å². The van der Waals surface area contributed by atoms with Crippen molar-refractivity contribution in [1.82, 2.24) is 10.3 Å². The lowest BCUT2D eigenvalue weighted by Crippen LogP contribution is -2.57. The Morgan fingerprint density at radius 1 is 1.56 bits per heavy atom. The third-order valence-electron chi connectivity index (χ3n) is 3.18. The maximum absolute atomic E-state index is 11.3. The lowest BCUT2D eigenvalue weighted by Gasteiger charge is -2.39. The van der Waals surface area contributed by atoms with Crippen LogP contribution in [0.1, 0.15) is 29.4 Å². The normalized spacial score (nSPS) is 15.2. The number of carbonyl (C=O) groups excluding carboxylic acids is 1. The van der Waals surface area contributed by atoms with Crippen LogP contribution in [0.3, 0.4) is 0 Å². The van der Waals surface area contributed by atoms with E-state index in [0.717, 1.165) is 37.6 Å². The average molecular weight is 248 g/mol. The number of rotatable bonds is 5. The SMILES string of the molecule is CCCN(c1cc(C(N)=O)cc(C)n1)C1CNC1. The van der Waals surface area contributed by atoms with Gasteiger partial charge in [0.1, 0.15) is 5.82 Å². The van der Waals surface area contributed by atoms with Gasteiger partial charge >= 0.3 is 0 Å². The Morgan fingerprint density at radius 2 is 2.28 bits per heavy atom. The van der Waals surface area contributed by atoms with Crippen molar-refractivity contribution in [3.05, 3.63) is 23.4 Å². The maximum Gasteiger partial charge on any atom is 0.248 e. The van der Waals surface area contributed by atoms with Gasteiger partial charge in [-0.1, -0.05) is 6.92 Å². The van der Waals surface area contributed by atoms with E-state index in [1.165, 1.54) is 0 Å². The van der Waals surface area contributed by atoms with Gasteiger partial charge in [0, 0.05) is 30.9 Å². The Morgan fingerprint density at radius 3 is 2.78 bits per heavy atom. The van der Waals surface area contributed by atoms with Crippen molar-refractivity contribution in [3.63, 3.8) is 0 Å². The first kappa shape index (κ1) is 12.8. The van der Waals surface area contributed by atoms with Gasteiger partial charge in [-0.2, -0.15) is 0 Å². The Bertz CT molecular complexity index is 443. The van der Waals surface area contributed by atoms with Crippen molar-refractivity contribution in [2.75, 3.05) is 24.5 Å². The van der Waals surface area contributed by atoms with Gasteiger partial charge in [-0.15, -0.1) is 0 Å². The summed E-state index contributed by atoms with van der Waals surface area (Å²) >= 11 is 0. The molecule has 0 atom stereocenters. The molecule has 0 aromatic carbocycles. The number of carbonyl (C=O) groups is 1. The van der Waals surface area contributed by atoms with Crippen molar-refractivity contribution in [3.8, 4) is 0 Å². The molecule has 0 unspecified atom stereocenters. The van der Waals surface area contributed by atoms with Crippen LogP contribution in [0.5, 0.6) is 0 Å². The van der Waals surface area contributed by atoms with Crippen LogP contribution in [0.4, 0.5) is 5.82 Å². The van der Waals surface area contributed by atoms with E-state index >= 15 is 0 Å². The standard InChI is InChI=1S/C13H20N4O/c1-3-4-17(11-7-15-8-11)12-6-10(13(14)18)5-9(2)16-12/h5-6,11,15H,3-4,7-8H2,1-2H3,(H2,14,18). The molecule has 0 saturated carbocycles. The molecule has 1 aliphatic heterocycles. The number of nitrogens with two attached hydrogens (primary N) is 1. The molecule has 0 aliphatic carbocycles. The molecular formula is C13H20N4O. The van der Waals surface area contributed by atoms with Crippen LogP contribution < -0.4 is 16.0 Å². The molecule has 1 aliphatic rings. The van der Waals surface area contributed by atoms with Crippen molar-refractivity contribution in [2.45, 2.75) is 26.3 Å². The first-order valence-corrected chi connectivity index (χ1v) is 6.37. The Labute approximate surface area is 107 Å². The minimum atomic E-state index is -0.398. The number of pyridine rings is 1. The number of hydrogen-bond acceptors (Lipinski definition) is 4. The summed E-state index contributed by atoms with van der Waals surface area (Å²) in [5.41, 5.74) is 6.71. The molecule has 1 aromatic rings. The predicted octanol–water partition coefficient (Wildman–Crippen LogP) is 0.677. The maximum atomic E-state index is 11.3. The van der Waals surface area contributed by atoms with Gasteiger partial charge < -0.3 is 16.0 Å². The van der Waals surface area contributed by atoms with Gasteiger partial charge in [0.15, 0.2) is 0 Å². The molecule has 1 saturated heterocycles. The molecule has 2 heterocycles. The molecule has 2 rings (SSSR count). The number of primary amides is 1. The average Bonchev–Trinajstić information content (AvgIpc) is 2.25. The molecular weight excluding hydrogens is 228 g/mol. The van der Waals surface area contributed by atoms with Crippen LogP contribution in [0.15, 0.2) is 12.1 Å². The molecule has 1 fully saturated rings. The quantitative estimate of drug-likeness (QED) is 0.803. The van der Waals surface area contributed by atoms with E-state index in [9.17, 15) is 4.79 Å². The van der Waals surface area contributed by atoms with Gasteiger partial charge in [-0.3, -0.25) is 4.79 Å². The molecule has 5 heteroatoms. The largest absolute Gasteiger partial charge is 0.366 e. The lowest BCUT2D eigenvalue weighted by molar-refractivity contribution is 0.1000. The van der Waals surface area contributed by atoms with E-state index < -0.39 is 5.91 Å². The van der Waals surface area contributed by atoms with Crippen molar-refractivity contribution in [1.29, 1.82) is 0 Å². The smallest absolute Gasteiger partial charge is 0.248 e. The number of nitrogens with zero attached hydrogens (tertiary/aromatic N) is 2. The van der Waals surface area contributed by atoms with Gasteiger partial charge in [0.2, 0.25) is 5.91 Å². The molecule has 3 N–H and O–H groups in total. The summed E-state index contributed by atoms with van der Waals surface area (Å²) in [6.07, 6.45) is 1.05. The fraction of sp³-hybridized carbons (Fsp3) is 0.538. The number of anilines is 1. The Kier molecular flexibility index (Phi) is 3.81. The highest BCUT2D eigenvalue weighted by atomic mass is 16.1. The number of aromatic nitrogens is 1. The zero-order chi connectivity index (χ0) is 13.1. The summed E-state index contributed by atoms with van der Waals surface area (Å²) in [4.78, 5) is 18.1. The van der Waals surface area contributed by atoms with E-state index in [1.807, 2.05) is 6.92 Å². The van der Waals surface area contributed by atoms with Crippen molar-refractivity contribution >= 4 is 11.7 Å². The minimum absolute atomic E-state index is 0.398. The lowest BCUT2D eigenvalue weighted by atomic mass is 10.1. The topological polar surface area (TPSA) is 71.2 Å².